The molecule has 0 amide bonds. The van der Waals surface area contributed by atoms with Crippen molar-refractivity contribution in [1.82, 2.24) is 20.0 Å². The monoisotopic (exact) mass is 377 g/mol. The van der Waals surface area contributed by atoms with Gasteiger partial charge in [-0.1, -0.05) is 17.3 Å². The molecule has 1 aromatic carbocycles. The SMILES string of the molecule is Cc1ccc(CNc2nc(CN(C)C(C)c3ccon3)nc3ccccc23)o1. The van der Waals surface area contributed by atoms with Crippen molar-refractivity contribution in [3.05, 3.63) is 71.8 Å². The fraction of sp³-hybridized carbons (Fsp3) is 0.286. The Bertz CT molecular complexity index is 1060. The number of hydrogen-bond donors (Lipinski definition) is 1. The maximum Gasteiger partial charge on any atom is 0.145 e. The molecule has 0 saturated heterocycles. The third kappa shape index (κ3) is 3.89. The predicted molar refractivity (Wildman–Crippen MR) is 107 cm³/mol. The number of benzene rings is 1. The Morgan fingerprint density at radius 2 is 1.96 bits per heavy atom. The summed E-state index contributed by atoms with van der Waals surface area (Å²) < 4.78 is 10.6. The number of nitrogens with zero attached hydrogens (tertiary/aromatic N) is 4. The van der Waals surface area contributed by atoms with Crippen LogP contribution in [-0.4, -0.2) is 27.1 Å². The molecule has 4 rings (SSSR count). The van der Waals surface area contributed by atoms with Gasteiger partial charge in [-0.05, 0) is 45.2 Å². The van der Waals surface area contributed by atoms with E-state index in [1.807, 2.05) is 56.4 Å². The Hall–Kier alpha value is -3.19. The Balaban J connectivity index is 1.58. The largest absolute Gasteiger partial charge is 0.465 e. The molecule has 1 unspecified atom stereocenters. The van der Waals surface area contributed by atoms with Gasteiger partial charge < -0.3 is 14.3 Å². The Morgan fingerprint density at radius 1 is 1.11 bits per heavy atom. The van der Waals surface area contributed by atoms with E-state index in [2.05, 4.69) is 22.3 Å². The maximum absolute atomic E-state index is 5.65. The average Bonchev–Trinajstić information content (AvgIpc) is 3.37. The molecule has 0 radical (unpaired) electrons. The van der Waals surface area contributed by atoms with Crippen LogP contribution in [0.2, 0.25) is 0 Å². The molecule has 7 heteroatoms. The highest BCUT2D eigenvalue weighted by Gasteiger charge is 2.17. The van der Waals surface area contributed by atoms with Crippen LogP contribution in [0.1, 0.15) is 36.0 Å². The molecule has 0 aliphatic rings. The number of anilines is 1. The molecule has 0 spiro atoms. The first-order valence-corrected chi connectivity index (χ1v) is 9.25. The number of furan rings is 1. The topological polar surface area (TPSA) is 80.2 Å². The zero-order chi connectivity index (χ0) is 19.5. The summed E-state index contributed by atoms with van der Waals surface area (Å²) in [6.45, 7) is 5.18. The second-order valence-electron chi connectivity index (χ2n) is 6.89. The standard InChI is InChI=1S/C21H23N5O2/c1-14-8-9-16(28-14)12-22-21-17-6-4-5-7-19(17)23-20(24-21)13-26(3)15(2)18-10-11-27-25-18/h4-11,15H,12-13H2,1-3H3,(H,22,23,24). The first kappa shape index (κ1) is 18.2. The zero-order valence-electron chi connectivity index (χ0n) is 16.2. The third-order valence-electron chi connectivity index (χ3n) is 4.81. The normalized spacial score (nSPS) is 12.6. The number of fused-ring (bicyclic) bond motifs is 1. The first-order valence-electron chi connectivity index (χ1n) is 9.25. The molecule has 1 N–H and O–H groups in total. The van der Waals surface area contributed by atoms with Crippen LogP contribution < -0.4 is 5.32 Å². The molecule has 0 aliphatic carbocycles. The lowest BCUT2D eigenvalue weighted by Crippen LogP contribution is -2.23. The average molecular weight is 377 g/mol. The van der Waals surface area contributed by atoms with Gasteiger partial charge in [0.05, 0.1) is 24.6 Å². The van der Waals surface area contributed by atoms with Gasteiger partial charge in [0.25, 0.3) is 0 Å². The molecule has 3 aromatic heterocycles. The van der Waals surface area contributed by atoms with Crippen molar-refractivity contribution in [1.29, 1.82) is 0 Å². The van der Waals surface area contributed by atoms with Gasteiger partial charge in [-0.3, -0.25) is 4.90 Å². The van der Waals surface area contributed by atoms with Gasteiger partial charge in [-0.15, -0.1) is 0 Å². The minimum atomic E-state index is 0.0938. The number of nitrogens with one attached hydrogen (secondary N) is 1. The van der Waals surface area contributed by atoms with Crippen LogP contribution in [0, 0.1) is 6.92 Å². The van der Waals surface area contributed by atoms with Crippen molar-refractivity contribution in [2.75, 3.05) is 12.4 Å². The van der Waals surface area contributed by atoms with Crippen molar-refractivity contribution >= 4 is 16.7 Å². The van der Waals surface area contributed by atoms with Crippen molar-refractivity contribution in [2.24, 2.45) is 0 Å². The summed E-state index contributed by atoms with van der Waals surface area (Å²) in [6, 6.07) is 13.9. The summed E-state index contributed by atoms with van der Waals surface area (Å²) in [5, 5.41) is 8.42. The van der Waals surface area contributed by atoms with Gasteiger partial charge in [-0.25, -0.2) is 9.97 Å². The summed E-state index contributed by atoms with van der Waals surface area (Å²) in [4.78, 5) is 11.7. The van der Waals surface area contributed by atoms with Crippen LogP contribution >= 0.6 is 0 Å². The second-order valence-corrected chi connectivity index (χ2v) is 6.89. The van der Waals surface area contributed by atoms with Crippen molar-refractivity contribution in [3.8, 4) is 0 Å². The highest BCUT2D eigenvalue weighted by atomic mass is 16.5. The van der Waals surface area contributed by atoms with E-state index < -0.39 is 0 Å². The molecule has 144 valence electrons. The van der Waals surface area contributed by atoms with E-state index >= 15 is 0 Å². The summed E-state index contributed by atoms with van der Waals surface area (Å²) >= 11 is 0. The Morgan fingerprint density at radius 3 is 2.71 bits per heavy atom. The van der Waals surface area contributed by atoms with Crippen molar-refractivity contribution in [2.45, 2.75) is 33.0 Å². The summed E-state index contributed by atoms with van der Waals surface area (Å²) in [7, 11) is 2.02. The third-order valence-corrected chi connectivity index (χ3v) is 4.81. The molecule has 1 atom stereocenters. The molecule has 0 saturated carbocycles. The van der Waals surface area contributed by atoms with Crippen LogP contribution in [0.3, 0.4) is 0 Å². The van der Waals surface area contributed by atoms with Crippen LogP contribution in [0.4, 0.5) is 5.82 Å². The van der Waals surface area contributed by atoms with Gasteiger partial charge in [0, 0.05) is 11.5 Å². The van der Waals surface area contributed by atoms with E-state index in [1.54, 1.807) is 6.26 Å². The van der Waals surface area contributed by atoms with Crippen LogP contribution in [0.25, 0.3) is 10.9 Å². The predicted octanol–water partition coefficient (Wildman–Crippen LogP) is 4.32. The smallest absolute Gasteiger partial charge is 0.145 e. The highest BCUT2D eigenvalue weighted by Crippen LogP contribution is 2.23. The number of aryl methyl sites for hydroxylation is 1. The Labute approximate surface area is 163 Å². The van der Waals surface area contributed by atoms with E-state index in [0.717, 1.165) is 39.8 Å². The van der Waals surface area contributed by atoms with Crippen LogP contribution in [0.15, 0.2) is 57.7 Å². The molecule has 0 fully saturated rings. The molecular weight excluding hydrogens is 354 g/mol. The van der Waals surface area contributed by atoms with E-state index in [1.165, 1.54) is 0 Å². The molecule has 0 bridgehead atoms. The molecule has 0 aliphatic heterocycles. The van der Waals surface area contributed by atoms with E-state index in [4.69, 9.17) is 18.9 Å². The van der Waals surface area contributed by atoms with E-state index in [9.17, 15) is 0 Å². The zero-order valence-corrected chi connectivity index (χ0v) is 16.2. The second kappa shape index (κ2) is 7.82. The fourth-order valence-electron chi connectivity index (χ4n) is 3.10. The van der Waals surface area contributed by atoms with Gasteiger partial charge in [0.2, 0.25) is 0 Å². The minimum absolute atomic E-state index is 0.0938. The van der Waals surface area contributed by atoms with Crippen molar-refractivity contribution in [3.63, 3.8) is 0 Å². The van der Waals surface area contributed by atoms with Gasteiger partial charge in [-0.2, -0.15) is 0 Å². The van der Waals surface area contributed by atoms with Gasteiger partial charge in [0.15, 0.2) is 0 Å². The Kier molecular flexibility index (Phi) is 5.08. The molecule has 7 nitrogen and oxygen atoms in total. The molecule has 28 heavy (non-hydrogen) atoms. The number of hydrogen-bond acceptors (Lipinski definition) is 7. The van der Waals surface area contributed by atoms with Gasteiger partial charge >= 0.3 is 0 Å². The van der Waals surface area contributed by atoms with Crippen molar-refractivity contribution < 1.29 is 8.94 Å². The lowest BCUT2D eigenvalue weighted by Gasteiger charge is -2.22. The van der Waals surface area contributed by atoms with Crippen LogP contribution in [0.5, 0.6) is 0 Å². The van der Waals surface area contributed by atoms with Crippen LogP contribution in [-0.2, 0) is 13.1 Å². The fourth-order valence-corrected chi connectivity index (χ4v) is 3.10. The van der Waals surface area contributed by atoms with Gasteiger partial charge in [0.1, 0.15) is 35.1 Å². The summed E-state index contributed by atoms with van der Waals surface area (Å²) in [6.07, 6.45) is 1.59. The highest BCUT2D eigenvalue weighted by molar-refractivity contribution is 5.88. The first-order chi connectivity index (χ1) is 13.6. The number of rotatable bonds is 7. The lowest BCUT2D eigenvalue weighted by atomic mass is 10.2. The molecule has 4 aromatic rings. The quantitative estimate of drug-likeness (QED) is 0.513. The minimum Gasteiger partial charge on any atom is -0.465 e. The lowest BCUT2D eigenvalue weighted by molar-refractivity contribution is 0.235. The number of para-hydroxylation sites is 1. The molecular formula is C21H23N5O2. The van der Waals surface area contributed by atoms with E-state index in [-0.39, 0.29) is 6.04 Å². The summed E-state index contributed by atoms with van der Waals surface area (Å²) in [5.74, 6) is 3.32. The maximum atomic E-state index is 5.65. The van der Waals surface area contributed by atoms with E-state index in [0.29, 0.717) is 13.1 Å². The summed E-state index contributed by atoms with van der Waals surface area (Å²) in [5.41, 5.74) is 1.79. The molecule has 3 heterocycles. The number of aromatic nitrogens is 3.